The van der Waals surface area contributed by atoms with Crippen LogP contribution in [0.3, 0.4) is 0 Å². The highest BCUT2D eigenvalue weighted by molar-refractivity contribution is 7.98. The van der Waals surface area contributed by atoms with Gasteiger partial charge in [0.2, 0.25) is 5.91 Å². The molecule has 0 bridgehead atoms. The number of amides is 1. The molecule has 0 radical (unpaired) electrons. The van der Waals surface area contributed by atoms with Gasteiger partial charge in [0.05, 0.1) is 0 Å². The zero-order valence-electron chi connectivity index (χ0n) is 8.50. The number of alkyl halides is 3. The van der Waals surface area contributed by atoms with Crippen molar-refractivity contribution in [2.45, 2.75) is 25.1 Å². The maximum Gasteiger partial charge on any atom is 0.397 e. The molecule has 4 nitrogen and oxygen atoms in total. The quantitative estimate of drug-likeness (QED) is 0.753. The predicted octanol–water partition coefficient (Wildman–Crippen LogP) is 1.26. The lowest BCUT2D eigenvalue weighted by Crippen LogP contribution is -2.42. The summed E-state index contributed by atoms with van der Waals surface area (Å²) in [6.07, 6.45) is -4.45. The van der Waals surface area contributed by atoms with E-state index < -0.39 is 30.5 Å². The van der Waals surface area contributed by atoms with E-state index in [1.807, 2.05) is 5.32 Å². The number of thioether (sulfide) groups is 1. The predicted molar refractivity (Wildman–Crippen MR) is 53.2 cm³/mol. The molecule has 1 amide bonds. The van der Waals surface area contributed by atoms with Crippen molar-refractivity contribution in [1.29, 1.82) is 0 Å². The van der Waals surface area contributed by atoms with Gasteiger partial charge in [-0.15, -0.1) is 0 Å². The molecule has 0 aliphatic rings. The van der Waals surface area contributed by atoms with Crippen molar-refractivity contribution in [3.05, 3.63) is 0 Å². The van der Waals surface area contributed by atoms with Crippen LogP contribution in [0.4, 0.5) is 13.2 Å². The minimum atomic E-state index is -4.62. The van der Waals surface area contributed by atoms with Crippen LogP contribution in [-0.4, -0.2) is 41.2 Å². The van der Waals surface area contributed by atoms with Crippen molar-refractivity contribution in [3.63, 3.8) is 0 Å². The van der Waals surface area contributed by atoms with Crippen LogP contribution in [-0.2, 0) is 9.59 Å². The van der Waals surface area contributed by atoms with Gasteiger partial charge in [0.25, 0.3) is 0 Å². The Morgan fingerprint density at radius 2 is 2.00 bits per heavy atom. The molecule has 8 heteroatoms. The van der Waals surface area contributed by atoms with Crippen LogP contribution in [0.25, 0.3) is 0 Å². The van der Waals surface area contributed by atoms with Crippen molar-refractivity contribution in [2.75, 3.05) is 12.0 Å². The van der Waals surface area contributed by atoms with E-state index in [2.05, 4.69) is 0 Å². The number of halogens is 3. The first-order valence-electron chi connectivity index (χ1n) is 4.34. The van der Waals surface area contributed by atoms with E-state index in [0.29, 0.717) is 5.75 Å². The van der Waals surface area contributed by atoms with E-state index in [1.165, 1.54) is 11.8 Å². The standard InChI is InChI=1S/C8H12F3NO3S/c1-16-3-2-5(7(14)15)12-6(13)4-8(9,10)11/h5H,2-4H2,1H3,(H,12,13)(H,14,15). The first kappa shape index (κ1) is 15.1. The molecule has 0 aromatic heterocycles. The molecule has 1 atom stereocenters. The highest BCUT2D eigenvalue weighted by Crippen LogP contribution is 2.19. The second-order valence-electron chi connectivity index (χ2n) is 3.03. The molecule has 0 aromatic rings. The molecule has 0 aliphatic heterocycles. The molecule has 16 heavy (non-hydrogen) atoms. The Hall–Kier alpha value is -0.920. The summed E-state index contributed by atoms with van der Waals surface area (Å²) >= 11 is 1.35. The van der Waals surface area contributed by atoms with E-state index in [-0.39, 0.29) is 6.42 Å². The molecule has 2 N–H and O–H groups in total. The lowest BCUT2D eigenvalue weighted by Gasteiger charge is -2.14. The molecular formula is C8H12F3NO3S. The summed E-state index contributed by atoms with van der Waals surface area (Å²) < 4.78 is 35.4. The monoisotopic (exact) mass is 259 g/mol. The molecule has 1 unspecified atom stereocenters. The Bertz CT molecular complexity index is 257. The molecule has 0 aliphatic carbocycles. The Morgan fingerprint density at radius 1 is 1.44 bits per heavy atom. The van der Waals surface area contributed by atoms with Crippen molar-refractivity contribution in [2.24, 2.45) is 0 Å². The van der Waals surface area contributed by atoms with Gasteiger partial charge in [0.15, 0.2) is 0 Å². The number of nitrogens with one attached hydrogen (secondary N) is 1. The second kappa shape index (κ2) is 6.62. The average Bonchev–Trinajstić information content (AvgIpc) is 2.08. The summed E-state index contributed by atoms with van der Waals surface area (Å²) in [6, 6.07) is -1.26. The molecule has 0 saturated heterocycles. The number of carboxylic acids is 1. The topological polar surface area (TPSA) is 66.4 Å². The van der Waals surface area contributed by atoms with E-state index in [4.69, 9.17) is 5.11 Å². The lowest BCUT2D eigenvalue weighted by molar-refractivity contribution is -0.156. The number of hydrogen-bond donors (Lipinski definition) is 2. The molecule has 0 rings (SSSR count). The summed E-state index contributed by atoms with van der Waals surface area (Å²) in [4.78, 5) is 21.4. The van der Waals surface area contributed by atoms with Crippen LogP contribution in [0.1, 0.15) is 12.8 Å². The summed E-state index contributed by atoms with van der Waals surface area (Å²) in [6.45, 7) is 0. The number of carboxylic acid groups (broad SMARTS) is 1. The van der Waals surface area contributed by atoms with Gasteiger partial charge in [0.1, 0.15) is 12.5 Å². The normalized spacial score (nSPS) is 13.2. The van der Waals surface area contributed by atoms with Gasteiger partial charge in [-0.05, 0) is 18.4 Å². The zero-order chi connectivity index (χ0) is 12.8. The van der Waals surface area contributed by atoms with Crippen LogP contribution < -0.4 is 5.32 Å². The summed E-state index contributed by atoms with van der Waals surface area (Å²) in [5, 5.41) is 10.5. The van der Waals surface area contributed by atoms with Crippen LogP contribution in [0.15, 0.2) is 0 Å². The maximum absolute atomic E-state index is 11.8. The number of rotatable bonds is 6. The van der Waals surface area contributed by atoms with Gasteiger partial charge < -0.3 is 10.4 Å². The van der Waals surface area contributed by atoms with Gasteiger partial charge in [-0.25, -0.2) is 4.79 Å². The first-order valence-corrected chi connectivity index (χ1v) is 5.73. The van der Waals surface area contributed by atoms with Gasteiger partial charge in [-0.2, -0.15) is 24.9 Å². The number of carbonyl (C=O) groups excluding carboxylic acids is 1. The first-order chi connectivity index (χ1) is 7.26. The van der Waals surface area contributed by atoms with Crippen LogP contribution in [0.2, 0.25) is 0 Å². The largest absolute Gasteiger partial charge is 0.480 e. The average molecular weight is 259 g/mol. The van der Waals surface area contributed by atoms with Gasteiger partial charge >= 0.3 is 12.1 Å². The van der Waals surface area contributed by atoms with Crippen LogP contribution in [0, 0.1) is 0 Å². The maximum atomic E-state index is 11.8. The molecule has 0 spiro atoms. The minimum absolute atomic E-state index is 0.0973. The molecule has 0 heterocycles. The van der Waals surface area contributed by atoms with E-state index in [1.54, 1.807) is 6.26 Å². The Balaban J connectivity index is 4.19. The fourth-order valence-corrected chi connectivity index (χ4v) is 1.39. The summed E-state index contributed by atoms with van der Waals surface area (Å²) in [5.74, 6) is -2.20. The fraction of sp³-hybridized carbons (Fsp3) is 0.750. The van der Waals surface area contributed by atoms with Crippen molar-refractivity contribution < 1.29 is 27.9 Å². The number of hydrogen-bond acceptors (Lipinski definition) is 3. The van der Waals surface area contributed by atoms with Gasteiger partial charge in [-0.1, -0.05) is 0 Å². The van der Waals surface area contributed by atoms with Crippen molar-refractivity contribution in [3.8, 4) is 0 Å². The highest BCUT2D eigenvalue weighted by Gasteiger charge is 2.32. The summed E-state index contributed by atoms with van der Waals surface area (Å²) in [7, 11) is 0. The number of carbonyl (C=O) groups is 2. The van der Waals surface area contributed by atoms with E-state index in [0.717, 1.165) is 0 Å². The lowest BCUT2D eigenvalue weighted by atomic mass is 10.2. The molecule has 0 saturated carbocycles. The van der Waals surface area contributed by atoms with E-state index in [9.17, 15) is 22.8 Å². The molecule has 94 valence electrons. The SMILES string of the molecule is CSCCC(NC(=O)CC(F)(F)F)C(=O)O. The van der Waals surface area contributed by atoms with Crippen LogP contribution in [0.5, 0.6) is 0 Å². The van der Waals surface area contributed by atoms with E-state index >= 15 is 0 Å². The molecular weight excluding hydrogens is 247 g/mol. The summed E-state index contributed by atoms with van der Waals surface area (Å²) in [5.41, 5.74) is 0. The second-order valence-corrected chi connectivity index (χ2v) is 4.02. The van der Waals surface area contributed by atoms with Crippen molar-refractivity contribution in [1.82, 2.24) is 5.32 Å². The Kier molecular flexibility index (Phi) is 6.24. The van der Waals surface area contributed by atoms with Gasteiger partial charge in [-0.3, -0.25) is 4.79 Å². The smallest absolute Gasteiger partial charge is 0.397 e. The fourth-order valence-electron chi connectivity index (χ4n) is 0.920. The third-order valence-electron chi connectivity index (χ3n) is 1.60. The zero-order valence-corrected chi connectivity index (χ0v) is 9.32. The molecule has 0 fully saturated rings. The minimum Gasteiger partial charge on any atom is -0.480 e. The highest BCUT2D eigenvalue weighted by atomic mass is 32.2. The third-order valence-corrected chi connectivity index (χ3v) is 2.25. The third kappa shape index (κ3) is 7.38. The van der Waals surface area contributed by atoms with Crippen molar-refractivity contribution >= 4 is 23.6 Å². The number of aliphatic carboxylic acids is 1. The van der Waals surface area contributed by atoms with Gasteiger partial charge in [0, 0.05) is 0 Å². The van der Waals surface area contributed by atoms with Crippen LogP contribution >= 0.6 is 11.8 Å². The molecule has 0 aromatic carbocycles. The Morgan fingerprint density at radius 3 is 2.38 bits per heavy atom. The Labute approximate surface area is 94.6 Å².